The largest absolute Gasteiger partial charge is 0.338 e. The number of aromatic nitrogens is 1. The van der Waals surface area contributed by atoms with E-state index in [-0.39, 0.29) is 5.91 Å². The highest BCUT2D eigenvalue weighted by Gasteiger charge is 2.37. The van der Waals surface area contributed by atoms with Crippen LogP contribution in [0.5, 0.6) is 0 Å². The van der Waals surface area contributed by atoms with Crippen LogP contribution in [0.4, 0.5) is 0 Å². The van der Waals surface area contributed by atoms with Crippen LogP contribution >= 0.6 is 0 Å². The smallest absolute Gasteiger partial charge is 0.242 e. The third-order valence-corrected chi connectivity index (χ3v) is 4.46. The lowest BCUT2D eigenvalue weighted by Crippen LogP contribution is -2.54. The monoisotopic (exact) mass is 289 g/mol. The zero-order valence-corrected chi connectivity index (χ0v) is 13.7. The SMILES string of the molecule is CCc1ccc(CN(C)C(=O)C(C)(C)N2CCCC2)nc1. The summed E-state index contributed by atoms with van der Waals surface area (Å²) in [6.07, 6.45) is 5.28. The minimum absolute atomic E-state index is 0.172. The number of carbonyl (C=O) groups excluding carboxylic acids is 1. The maximum atomic E-state index is 12.7. The van der Waals surface area contributed by atoms with Crippen molar-refractivity contribution < 1.29 is 4.79 Å². The van der Waals surface area contributed by atoms with Gasteiger partial charge in [0.15, 0.2) is 0 Å². The van der Waals surface area contributed by atoms with Gasteiger partial charge in [0.1, 0.15) is 0 Å². The molecule has 1 aliphatic heterocycles. The first-order valence-corrected chi connectivity index (χ1v) is 7.89. The second kappa shape index (κ2) is 6.56. The van der Waals surface area contributed by atoms with E-state index in [1.165, 1.54) is 18.4 Å². The van der Waals surface area contributed by atoms with Crippen LogP contribution in [0.2, 0.25) is 0 Å². The predicted molar refractivity (Wildman–Crippen MR) is 85.0 cm³/mol. The van der Waals surface area contributed by atoms with E-state index in [1.54, 1.807) is 4.90 Å². The number of carbonyl (C=O) groups is 1. The average Bonchev–Trinajstić information content (AvgIpc) is 3.02. The molecule has 116 valence electrons. The van der Waals surface area contributed by atoms with Crippen LogP contribution in [0, 0.1) is 0 Å². The zero-order chi connectivity index (χ0) is 15.5. The summed E-state index contributed by atoms with van der Waals surface area (Å²) in [5.74, 6) is 0.172. The van der Waals surface area contributed by atoms with Gasteiger partial charge >= 0.3 is 0 Å². The van der Waals surface area contributed by atoms with Crippen molar-refractivity contribution in [2.24, 2.45) is 0 Å². The highest BCUT2D eigenvalue weighted by atomic mass is 16.2. The summed E-state index contributed by atoms with van der Waals surface area (Å²) in [5.41, 5.74) is 1.75. The standard InChI is InChI=1S/C17H27N3O/c1-5-14-8-9-15(18-12-14)13-19(4)16(21)17(2,3)20-10-6-7-11-20/h8-9,12H,5-7,10-11,13H2,1-4H3. The van der Waals surface area contributed by atoms with E-state index in [0.29, 0.717) is 6.54 Å². The maximum Gasteiger partial charge on any atom is 0.242 e. The van der Waals surface area contributed by atoms with E-state index in [1.807, 2.05) is 33.2 Å². The van der Waals surface area contributed by atoms with Gasteiger partial charge in [-0.1, -0.05) is 13.0 Å². The van der Waals surface area contributed by atoms with Crippen LogP contribution in [0.15, 0.2) is 18.3 Å². The van der Waals surface area contributed by atoms with Gasteiger partial charge in [-0.15, -0.1) is 0 Å². The van der Waals surface area contributed by atoms with E-state index in [0.717, 1.165) is 25.2 Å². The average molecular weight is 289 g/mol. The molecule has 1 saturated heterocycles. The van der Waals surface area contributed by atoms with Crippen LogP contribution in [0.25, 0.3) is 0 Å². The van der Waals surface area contributed by atoms with Crippen molar-refractivity contribution in [1.82, 2.24) is 14.8 Å². The fraction of sp³-hybridized carbons (Fsp3) is 0.647. The molecule has 1 aromatic heterocycles. The van der Waals surface area contributed by atoms with Crippen molar-refractivity contribution >= 4 is 5.91 Å². The number of aryl methyl sites for hydroxylation is 1. The van der Waals surface area contributed by atoms with Gasteiger partial charge in [0.25, 0.3) is 0 Å². The molecule has 1 amide bonds. The van der Waals surface area contributed by atoms with Crippen molar-refractivity contribution in [3.63, 3.8) is 0 Å². The van der Waals surface area contributed by atoms with Crippen LogP contribution in [0.3, 0.4) is 0 Å². The van der Waals surface area contributed by atoms with Crippen LogP contribution in [0.1, 0.15) is 44.9 Å². The highest BCUT2D eigenvalue weighted by Crippen LogP contribution is 2.23. The summed E-state index contributed by atoms with van der Waals surface area (Å²) in [7, 11) is 1.87. The lowest BCUT2D eigenvalue weighted by atomic mass is 10.0. The Labute approximate surface area is 128 Å². The van der Waals surface area contributed by atoms with Crippen molar-refractivity contribution in [2.45, 2.75) is 52.1 Å². The summed E-state index contributed by atoms with van der Waals surface area (Å²) in [4.78, 5) is 21.3. The topological polar surface area (TPSA) is 36.4 Å². The first-order chi connectivity index (χ1) is 9.95. The molecule has 0 bridgehead atoms. The molecular formula is C17H27N3O. The molecule has 21 heavy (non-hydrogen) atoms. The van der Waals surface area contributed by atoms with Crippen molar-refractivity contribution in [3.8, 4) is 0 Å². The Morgan fingerprint density at radius 3 is 2.52 bits per heavy atom. The van der Waals surface area contributed by atoms with Crippen LogP contribution < -0.4 is 0 Å². The molecule has 0 saturated carbocycles. The van der Waals surface area contributed by atoms with E-state index >= 15 is 0 Å². The highest BCUT2D eigenvalue weighted by molar-refractivity contribution is 5.85. The van der Waals surface area contributed by atoms with Gasteiger partial charge in [-0.3, -0.25) is 14.7 Å². The Morgan fingerprint density at radius 2 is 2.00 bits per heavy atom. The predicted octanol–water partition coefficient (Wildman–Crippen LogP) is 2.48. The number of rotatable bonds is 5. The molecule has 0 aliphatic carbocycles. The Morgan fingerprint density at radius 1 is 1.33 bits per heavy atom. The van der Waals surface area contributed by atoms with E-state index in [9.17, 15) is 4.79 Å². The molecule has 0 N–H and O–H groups in total. The Hall–Kier alpha value is -1.42. The second-order valence-corrected chi connectivity index (χ2v) is 6.43. The third kappa shape index (κ3) is 3.62. The third-order valence-electron chi connectivity index (χ3n) is 4.46. The summed E-state index contributed by atoms with van der Waals surface area (Å²) in [6, 6.07) is 4.11. The van der Waals surface area contributed by atoms with E-state index < -0.39 is 5.54 Å². The van der Waals surface area contributed by atoms with Crippen LogP contribution in [-0.2, 0) is 17.8 Å². The van der Waals surface area contributed by atoms with Gasteiger partial charge in [-0.2, -0.15) is 0 Å². The molecule has 1 aromatic rings. The molecule has 4 nitrogen and oxygen atoms in total. The molecule has 0 spiro atoms. The molecule has 0 atom stereocenters. The van der Waals surface area contributed by atoms with E-state index in [4.69, 9.17) is 0 Å². The quantitative estimate of drug-likeness (QED) is 0.835. The fourth-order valence-electron chi connectivity index (χ4n) is 2.95. The first kappa shape index (κ1) is 16.0. The molecule has 0 unspecified atom stereocenters. The normalized spacial score (nSPS) is 16.2. The Balaban J connectivity index is 2.00. The molecule has 2 rings (SSSR count). The lowest BCUT2D eigenvalue weighted by Gasteiger charge is -2.37. The number of hydrogen-bond acceptors (Lipinski definition) is 3. The summed E-state index contributed by atoms with van der Waals surface area (Å²) in [5, 5.41) is 0. The number of likely N-dealkylation sites (N-methyl/N-ethyl adjacent to an activating group) is 1. The van der Waals surface area contributed by atoms with Crippen molar-refractivity contribution in [2.75, 3.05) is 20.1 Å². The van der Waals surface area contributed by atoms with Gasteiger partial charge < -0.3 is 4.90 Å². The number of amides is 1. The van der Waals surface area contributed by atoms with Gasteiger partial charge in [0.2, 0.25) is 5.91 Å². The molecule has 1 fully saturated rings. The summed E-state index contributed by atoms with van der Waals surface area (Å²) in [6.45, 7) is 8.80. The molecule has 2 heterocycles. The minimum Gasteiger partial charge on any atom is -0.338 e. The molecular weight excluding hydrogens is 262 g/mol. The number of pyridine rings is 1. The molecule has 0 radical (unpaired) electrons. The Bertz CT molecular complexity index is 475. The Kier molecular flexibility index (Phi) is 4.99. The molecule has 1 aliphatic rings. The zero-order valence-electron chi connectivity index (χ0n) is 13.7. The van der Waals surface area contributed by atoms with Crippen LogP contribution in [-0.4, -0.2) is 46.4 Å². The van der Waals surface area contributed by atoms with Crippen molar-refractivity contribution in [3.05, 3.63) is 29.6 Å². The summed E-state index contributed by atoms with van der Waals surface area (Å²) < 4.78 is 0. The lowest BCUT2D eigenvalue weighted by molar-refractivity contribution is -0.141. The van der Waals surface area contributed by atoms with Gasteiger partial charge in [0, 0.05) is 13.2 Å². The molecule has 4 heteroatoms. The number of hydrogen-bond donors (Lipinski definition) is 0. The summed E-state index contributed by atoms with van der Waals surface area (Å²) >= 11 is 0. The van der Waals surface area contributed by atoms with Gasteiger partial charge in [0.05, 0.1) is 17.8 Å². The minimum atomic E-state index is -0.422. The number of likely N-dealkylation sites (tertiary alicyclic amines) is 1. The second-order valence-electron chi connectivity index (χ2n) is 6.43. The van der Waals surface area contributed by atoms with Crippen molar-refractivity contribution in [1.29, 1.82) is 0 Å². The van der Waals surface area contributed by atoms with E-state index in [2.05, 4.69) is 22.9 Å². The fourth-order valence-corrected chi connectivity index (χ4v) is 2.95. The van der Waals surface area contributed by atoms with Gasteiger partial charge in [-0.05, 0) is 57.8 Å². The molecule has 0 aromatic carbocycles. The van der Waals surface area contributed by atoms with Gasteiger partial charge in [-0.25, -0.2) is 0 Å². The maximum absolute atomic E-state index is 12.7. The first-order valence-electron chi connectivity index (χ1n) is 7.89. The number of nitrogens with zero attached hydrogens (tertiary/aromatic N) is 3.